The minimum Gasteiger partial charge on any atom is -0.481 e. The topological polar surface area (TPSA) is 96.4 Å². The highest BCUT2D eigenvalue weighted by Crippen LogP contribution is 2.29. The van der Waals surface area contributed by atoms with Crippen LogP contribution in [-0.2, 0) is 34.2 Å². The Kier molecular flexibility index (Phi) is 4.38. The van der Waals surface area contributed by atoms with Crippen molar-refractivity contribution >= 4 is 16.0 Å². The van der Waals surface area contributed by atoms with Crippen LogP contribution in [0.15, 0.2) is 41.4 Å². The number of rotatable bonds is 5. The van der Waals surface area contributed by atoms with Gasteiger partial charge in [0.25, 0.3) is 0 Å². The zero-order valence-electron chi connectivity index (χ0n) is 13.2. The first-order valence-corrected chi connectivity index (χ1v) is 9.09. The Hall–Kier alpha value is -2.25. The van der Waals surface area contributed by atoms with Crippen LogP contribution in [-0.4, -0.2) is 24.5 Å². The zero-order valence-corrected chi connectivity index (χ0v) is 14.0. The number of hydrogen-bond donors (Lipinski definition) is 2. The van der Waals surface area contributed by atoms with Crippen LogP contribution in [0.3, 0.4) is 0 Å². The minimum absolute atomic E-state index is 0.109. The average Bonchev–Trinajstić information content (AvgIpc) is 2.98. The van der Waals surface area contributed by atoms with Crippen LogP contribution >= 0.6 is 0 Å². The van der Waals surface area contributed by atoms with Crippen LogP contribution in [0.4, 0.5) is 0 Å². The second kappa shape index (κ2) is 6.33. The Morgan fingerprint density at radius 3 is 2.67 bits per heavy atom. The fraction of sp³-hybridized carbons (Fsp3) is 0.294. The van der Waals surface area contributed by atoms with Crippen LogP contribution in [0.1, 0.15) is 22.4 Å². The van der Waals surface area contributed by atoms with E-state index in [1.165, 1.54) is 6.07 Å². The quantitative estimate of drug-likeness (QED) is 0.858. The normalized spacial score (nSPS) is 16.8. The number of aromatic nitrogens is 1. The van der Waals surface area contributed by atoms with E-state index in [1.54, 1.807) is 24.4 Å². The van der Waals surface area contributed by atoms with Crippen molar-refractivity contribution in [3.8, 4) is 0 Å². The van der Waals surface area contributed by atoms with Crippen LogP contribution in [0.2, 0.25) is 0 Å². The molecule has 2 aromatic rings. The van der Waals surface area contributed by atoms with E-state index in [2.05, 4.69) is 9.71 Å². The maximum absolute atomic E-state index is 12.4. The predicted molar refractivity (Wildman–Crippen MR) is 88.0 cm³/mol. The number of aliphatic carboxylic acids is 1. The fourth-order valence-corrected chi connectivity index (χ4v) is 3.84. The monoisotopic (exact) mass is 346 g/mol. The minimum atomic E-state index is -3.67. The van der Waals surface area contributed by atoms with Gasteiger partial charge in [-0.3, -0.25) is 9.78 Å². The highest BCUT2D eigenvalue weighted by Gasteiger charge is 2.28. The van der Waals surface area contributed by atoms with Gasteiger partial charge in [-0.25, -0.2) is 13.1 Å². The van der Waals surface area contributed by atoms with E-state index in [1.807, 2.05) is 13.0 Å². The average molecular weight is 346 g/mol. The first-order chi connectivity index (χ1) is 11.3. The summed E-state index contributed by atoms with van der Waals surface area (Å²) in [5.41, 5.74) is 3.34. The molecule has 1 aromatic carbocycles. The Balaban J connectivity index is 1.75. The summed E-state index contributed by atoms with van der Waals surface area (Å²) >= 11 is 0. The van der Waals surface area contributed by atoms with Gasteiger partial charge >= 0.3 is 5.97 Å². The number of carbonyl (C=O) groups is 1. The molecule has 0 radical (unpaired) electrons. The summed E-state index contributed by atoms with van der Waals surface area (Å²) in [4.78, 5) is 15.4. The Labute approximate surface area is 140 Å². The second-order valence-electron chi connectivity index (χ2n) is 6.03. The van der Waals surface area contributed by atoms with Gasteiger partial charge < -0.3 is 5.11 Å². The van der Waals surface area contributed by atoms with Crippen molar-refractivity contribution in [1.82, 2.24) is 9.71 Å². The van der Waals surface area contributed by atoms with Gasteiger partial charge in [0.15, 0.2) is 0 Å². The lowest BCUT2D eigenvalue weighted by atomic mass is 10.1. The van der Waals surface area contributed by atoms with Gasteiger partial charge in [0, 0.05) is 6.20 Å². The van der Waals surface area contributed by atoms with Crippen molar-refractivity contribution in [3.63, 3.8) is 0 Å². The van der Waals surface area contributed by atoms with Crippen LogP contribution in [0.5, 0.6) is 0 Å². The molecule has 0 spiro atoms. The van der Waals surface area contributed by atoms with Crippen LogP contribution < -0.4 is 4.72 Å². The van der Waals surface area contributed by atoms with E-state index in [0.29, 0.717) is 18.5 Å². The van der Waals surface area contributed by atoms with E-state index in [4.69, 9.17) is 5.11 Å². The van der Waals surface area contributed by atoms with E-state index < -0.39 is 21.9 Å². The summed E-state index contributed by atoms with van der Waals surface area (Å²) in [6.07, 6.45) is 2.50. The van der Waals surface area contributed by atoms with E-state index in [0.717, 1.165) is 16.7 Å². The third-order valence-corrected chi connectivity index (χ3v) is 5.58. The lowest BCUT2D eigenvalue weighted by molar-refractivity contribution is -0.141. The summed E-state index contributed by atoms with van der Waals surface area (Å²) in [7, 11) is -3.67. The molecule has 1 atom stereocenters. The highest BCUT2D eigenvalue weighted by molar-refractivity contribution is 7.89. The SMILES string of the molecule is Cc1ccc(CNS(=O)(=O)c2ccc3c(c2)CC(C(=O)O)C3)nc1. The molecule has 7 heteroatoms. The molecule has 1 heterocycles. The molecule has 24 heavy (non-hydrogen) atoms. The highest BCUT2D eigenvalue weighted by atomic mass is 32.2. The first-order valence-electron chi connectivity index (χ1n) is 7.61. The maximum atomic E-state index is 12.4. The lowest BCUT2D eigenvalue weighted by Gasteiger charge is -2.08. The van der Waals surface area contributed by atoms with Crippen molar-refractivity contribution in [2.24, 2.45) is 5.92 Å². The zero-order chi connectivity index (χ0) is 17.3. The van der Waals surface area contributed by atoms with Gasteiger partial charge in [-0.05, 0) is 54.7 Å². The first kappa shape index (κ1) is 16.6. The second-order valence-corrected chi connectivity index (χ2v) is 7.79. The molecule has 0 bridgehead atoms. The molecular weight excluding hydrogens is 328 g/mol. The molecule has 0 amide bonds. The Morgan fingerprint density at radius 2 is 2.00 bits per heavy atom. The largest absolute Gasteiger partial charge is 0.481 e. The molecule has 0 aliphatic heterocycles. The van der Waals surface area contributed by atoms with Gasteiger partial charge in [-0.15, -0.1) is 0 Å². The number of sulfonamides is 1. The molecule has 0 saturated heterocycles. The van der Waals surface area contributed by atoms with Gasteiger partial charge in [0.05, 0.1) is 23.1 Å². The third-order valence-electron chi connectivity index (χ3n) is 4.19. The van der Waals surface area contributed by atoms with E-state index in [9.17, 15) is 13.2 Å². The summed E-state index contributed by atoms with van der Waals surface area (Å²) in [6, 6.07) is 8.45. The lowest BCUT2D eigenvalue weighted by Crippen LogP contribution is -2.23. The van der Waals surface area contributed by atoms with Gasteiger partial charge in [-0.1, -0.05) is 12.1 Å². The molecular formula is C17H18N2O4S. The molecule has 0 saturated carbocycles. The smallest absolute Gasteiger partial charge is 0.307 e. The van der Waals surface area contributed by atoms with Crippen molar-refractivity contribution in [3.05, 3.63) is 58.9 Å². The van der Waals surface area contributed by atoms with E-state index >= 15 is 0 Å². The van der Waals surface area contributed by atoms with Crippen molar-refractivity contribution < 1.29 is 18.3 Å². The molecule has 2 N–H and O–H groups in total. The summed E-state index contributed by atoms with van der Waals surface area (Å²) in [5, 5.41) is 9.11. The van der Waals surface area contributed by atoms with Crippen molar-refractivity contribution in [1.29, 1.82) is 0 Å². The summed E-state index contributed by atoms with van der Waals surface area (Å²) < 4.78 is 27.4. The standard InChI is InChI=1S/C17H18N2O4S/c1-11-2-4-15(18-9-11)10-19-24(22,23)16-5-3-12-6-14(17(20)21)7-13(12)8-16/h2-5,8-9,14,19H,6-7,10H2,1H3,(H,20,21). The molecule has 1 aliphatic carbocycles. The van der Waals surface area contributed by atoms with Gasteiger partial charge in [0.1, 0.15) is 0 Å². The summed E-state index contributed by atoms with van der Waals surface area (Å²) in [6.45, 7) is 2.02. The number of benzene rings is 1. The number of carboxylic acid groups (broad SMARTS) is 1. The van der Waals surface area contributed by atoms with Gasteiger partial charge in [-0.2, -0.15) is 0 Å². The third kappa shape index (κ3) is 3.47. The Morgan fingerprint density at radius 1 is 1.25 bits per heavy atom. The number of fused-ring (bicyclic) bond motifs is 1. The van der Waals surface area contributed by atoms with E-state index in [-0.39, 0.29) is 11.4 Å². The van der Waals surface area contributed by atoms with Crippen molar-refractivity contribution in [2.45, 2.75) is 31.2 Å². The molecule has 1 aromatic heterocycles. The van der Waals surface area contributed by atoms with Crippen LogP contribution in [0.25, 0.3) is 0 Å². The molecule has 1 aliphatic rings. The molecule has 0 fully saturated rings. The maximum Gasteiger partial charge on any atom is 0.307 e. The van der Waals surface area contributed by atoms with Crippen LogP contribution in [0, 0.1) is 12.8 Å². The number of carboxylic acids is 1. The Bertz CT molecular complexity index is 876. The molecule has 6 nitrogen and oxygen atoms in total. The number of nitrogens with one attached hydrogen (secondary N) is 1. The fourth-order valence-electron chi connectivity index (χ4n) is 2.79. The molecule has 1 unspecified atom stereocenters. The molecule has 3 rings (SSSR count). The van der Waals surface area contributed by atoms with Gasteiger partial charge in [0.2, 0.25) is 10.0 Å². The number of hydrogen-bond acceptors (Lipinski definition) is 4. The number of nitrogens with zero attached hydrogens (tertiary/aromatic N) is 1. The number of pyridine rings is 1. The predicted octanol–water partition coefficient (Wildman–Crippen LogP) is 1.67. The van der Waals surface area contributed by atoms with Crippen molar-refractivity contribution in [2.75, 3.05) is 0 Å². The molecule has 126 valence electrons. The number of aryl methyl sites for hydroxylation is 1. The summed E-state index contributed by atoms with van der Waals surface area (Å²) in [5.74, 6) is -1.32.